The summed E-state index contributed by atoms with van der Waals surface area (Å²) >= 11 is 0. The Hall–Kier alpha value is -0.613. The van der Waals surface area contributed by atoms with Gasteiger partial charge >= 0.3 is 0 Å². The van der Waals surface area contributed by atoms with Crippen LogP contribution in [0, 0.1) is 0 Å². The molecule has 0 saturated carbocycles. The summed E-state index contributed by atoms with van der Waals surface area (Å²) < 4.78 is 17.7. The molecule has 0 aliphatic heterocycles. The first-order valence-corrected chi connectivity index (χ1v) is 19.0. The summed E-state index contributed by atoms with van der Waals surface area (Å²) in [6.45, 7) is 13.2. The molecule has 0 spiro atoms. The van der Waals surface area contributed by atoms with Crippen molar-refractivity contribution < 1.29 is 19.3 Å². The third-order valence-electron chi connectivity index (χ3n) is 7.05. The highest BCUT2D eigenvalue weighted by molar-refractivity contribution is 7.83. The summed E-state index contributed by atoms with van der Waals surface area (Å²) in [5.41, 5.74) is 0. The normalized spacial score (nSPS) is 11.9. The molecule has 1 rings (SSSR count). The SMILES string of the molecule is CCCC[P+](CCCC)(CCCC)c1cc(O)ccc1OCCCCCCCC[Si]C(OCC)OCC. The van der Waals surface area contributed by atoms with E-state index in [9.17, 15) is 5.11 Å². The van der Waals surface area contributed by atoms with Crippen molar-refractivity contribution in [2.24, 2.45) is 0 Å². The lowest BCUT2D eigenvalue weighted by Gasteiger charge is -2.29. The summed E-state index contributed by atoms with van der Waals surface area (Å²) in [6, 6.07) is 7.12. The summed E-state index contributed by atoms with van der Waals surface area (Å²) in [4.78, 5) is 0. The molecule has 1 aromatic rings. The maximum Gasteiger partial charge on any atom is 0.161 e. The number of hydrogen-bond donors (Lipinski definition) is 1. The van der Waals surface area contributed by atoms with Crippen molar-refractivity contribution in [3.8, 4) is 11.5 Å². The second-order valence-electron chi connectivity index (χ2n) is 10.2. The second-order valence-corrected chi connectivity index (χ2v) is 15.7. The number of phenolic OH excluding ortho intramolecular Hbond substituents is 1. The van der Waals surface area contributed by atoms with Crippen LogP contribution in [0.3, 0.4) is 0 Å². The Bertz CT molecular complexity index is 645. The Morgan fingerprint density at radius 2 is 1.27 bits per heavy atom. The van der Waals surface area contributed by atoms with Crippen LogP contribution < -0.4 is 10.0 Å². The first kappa shape index (κ1) is 34.4. The average Bonchev–Trinajstić information content (AvgIpc) is 2.90. The maximum atomic E-state index is 10.4. The predicted molar refractivity (Wildman–Crippen MR) is 165 cm³/mol. The lowest BCUT2D eigenvalue weighted by atomic mass is 10.1. The number of phenols is 1. The van der Waals surface area contributed by atoms with Crippen molar-refractivity contribution in [2.75, 3.05) is 38.3 Å². The van der Waals surface area contributed by atoms with Gasteiger partial charge in [0, 0.05) is 19.3 Å². The lowest BCUT2D eigenvalue weighted by molar-refractivity contribution is -0.0827. The number of rotatable bonds is 25. The van der Waals surface area contributed by atoms with Crippen LogP contribution in [0.2, 0.25) is 6.04 Å². The van der Waals surface area contributed by atoms with Gasteiger partial charge in [-0.05, 0) is 51.7 Å². The summed E-state index contributed by atoms with van der Waals surface area (Å²) in [5.74, 6) is 1.45. The van der Waals surface area contributed by atoms with Crippen molar-refractivity contribution in [2.45, 2.75) is 124 Å². The van der Waals surface area contributed by atoms with E-state index in [2.05, 4.69) is 26.8 Å². The average molecular weight is 554 g/mol. The van der Waals surface area contributed by atoms with Crippen LogP contribution in [0.1, 0.15) is 112 Å². The zero-order valence-corrected chi connectivity index (χ0v) is 26.8. The van der Waals surface area contributed by atoms with Crippen LogP contribution in [-0.2, 0) is 9.47 Å². The molecule has 0 aliphatic rings. The Labute approximate surface area is 232 Å². The lowest BCUT2D eigenvalue weighted by Crippen LogP contribution is -2.24. The standard InChI is InChI=1S/C31H57O4PSi/c1-6-11-23-36(24-12-7-2,25-13-8-3)30-27-28(32)20-21-29(30)35-22-18-16-14-15-17-19-26-37-31(33-9-4)34-10-5/h20-21,27,31H,6-19,22-26H2,1-5H3/p+1. The highest BCUT2D eigenvalue weighted by Crippen LogP contribution is 2.61. The first-order valence-electron chi connectivity index (χ1n) is 15.4. The van der Waals surface area contributed by atoms with Crippen molar-refractivity contribution in [3.05, 3.63) is 18.2 Å². The van der Waals surface area contributed by atoms with E-state index in [1.54, 1.807) is 0 Å². The Kier molecular flexibility index (Phi) is 20.7. The first-order chi connectivity index (χ1) is 18.1. The van der Waals surface area contributed by atoms with Gasteiger partial charge in [0.2, 0.25) is 0 Å². The molecule has 0 atom stereocenters. The quantitative estimate of drug-likeness (QED) is 0.0570. The Morgan fingerprint density at radius 1 is 0.730 bits per heavy atom. The van der Waals surface area contributed by atoms with Crippen molar-refractivity contribution in [3.63, 3.8) is 0 Å². The van der Waals surface area contributed by atoms with E-state index in [0.717, 1.165) is 41.5 Å². The van der Waals surface area contributed by atoms with Gasteiger partial charge in [-0.3, -0.25) is 0 Å². The molecule has 0 aliphatic carbocycles. The Balaban J connectivity index is 2.56. The van der Waals surface area contributed by atoms with E-state index in [-0.39, 0.29) is 5.91 Å². The van der Waals surface area contributed by atoms with E-state index >= 15 is 0 Å². The van der Waals surface area contributed by atoms with Crippen LogP contribution in [0.25, 0.3) is 0 Å². The number of aromatic hydroxyl groups is 1. The van der Waals surface area contributed by atoms with Gasteiger partial charge in [-0.2, -0.15) is 0 Å². The van der Waals surface area contributed by atoms with E-state index in [1.807, 2.05) is 26.0 Å². The van der Waals surface area contributed by atoms with E-state index < -0.39 is 7.26 Å². The number of unbranched alkanes of at least 4 members (excludes halogenated alkanes) is 8. The monoisotopic (exact) mass is 553 g/mol. The molecular weight excluding hydrogens is 495 g/mol. The van der Waals surface area contributed by atoms with Crippen molar-refractivity contribution >= 4 is 22.1 Å². The fourth-order valence-corrected chi connectivity index (χ4v) is 11.3. The molecule has 37 heavy (non-hydrogen) atoms. The van der Waals surface area contributed by atoms with Crippen LogP contribution in [0.5, 0.6) is 11.5 Å². The molecule has 0 heterocycles. The molecule has 0 amide bonds. The van der Waals surface area contributed by atoms with Crippen LogP contribution in [-0.4, -0.2) is 58.8 Å². The minimum Gasteiger partial charge on any atom is -0.508 e. The van der Waals surface area contributed by atoms with Crippen molar-refractivity contribution in [1.29, 1.82) is 0 Å². The molecule has 4 nitrogen and oxygen atoms in total. The summed E-state index contributed by atoms with van der Waals surface area (Å²) in [6.07, 6.45) is 18.8. The van der Waals surface area contributed by atoms with E-state index in [4.69, 9.17) is 14.2 Å². The molecule has 0 bridgehead atoms. The van der Waals surface area contributed by atoms with Gasteiger partial charge in [-0.1, -0.05) is 78.2 Å². The zero-order chi connectivity index (χ0) is 27.2. The van der Waals surface area contributed by atoms with Gasteiger partial charge < -0.3 is 19.3 Å². The molecule has 0 fully saturated rings. The molecule has 0 aromatic heterocycles. The summed E-state index contributed by atoms with van der Waals surface area (Å²) in [5, 5.41) is 11.8. The van der Waals surface area contributed by atoms with Gasteiger partial charge in [-0.15, -0.1) is 0 Å². The second kappa shape index (κ2) is 22.2. The minimum absolute atomic E-state index is 0.00374. The van der Waals surface area contributed by atoms with Gasteiger partial charge in [0.15, 0.2) is 5.75 Å². The molecule has 0 unspecified atom stereocenters. The number of ether oxygens (including phenoxy) is 3. The summed E-state index contributed by atoms with van der Waals surface area (Å²) in [7, 11) is -0.614. The molecule has 1 N–H and O–H groups in total. The fourth-order valence-electron chi connectivity index (χ4n) is 4.88. The topological polar surface area (TPSA) is 47.9 Å². The molecule has 2 radical (unpaired) electrons. The third-order valence-corrected chi connectivity index (χ3v) is 13.2. The van der Waals surface area contributed by atoms with Gasteiger partial charge in [0.25, 0.3) is 0 Å². The molecule has 214 valence electrons. The third kappa shape index (κ3) is 14.4. The molecule has 1 aromatic carbocycles. The largest absolute Gasteiger partial charge is 0.508 e. The minimum atomic E-state index is -1.36. The van der Waals surface area contributed by atoms with Gasteiger partial charge in [0.1, 0.15) is 26.5 Å². The highest BCUT2D eigenvalue weighted by atomic mass is 31.2. The number of hydrogen-bond acceptors (Lipinski definition) is 4. The van der Waals surface area contributed by atoms with Crippen LogP contribution >= 0.6 is 7.26 Å². The Morgan fingerprint density at radius 3 is 1.81 bits per heavy atom. The number of benzene rings is 1. The van der Waals surface area contributed by atoms with E-state index in [1.165, 1.54) is 100 Å². The molecule has 6 heteroatoms. The zero-order valence-electron chi connectivity index (χ0n) is 24.9. The highest BCUT2D eigenvalue weighted by Gasteiger charge is 2.41. The van der Waals surface area contributed by atoms with Crippen LogP contribution in [0.4, 0.5) is 0 Å². The van der Waals surface area contributed by atoms with Crippen LogP contribution in [0.15, 0.2) is 18.2 Å². The smallest absolute Gasteiger partial charge is 0.161 e. The molecular formula is C31H58O4PSi+. The maximum absolute atomic E-state index is 10.4. The van der Waals surface area contributed by atoms with Crippen molar-refractivity contribution in [1.82, 2.24) is 0 Å². The van der Waals surface area contributed by atoms with Gasteiger partial charge in [-0.25, -0.2) is 0 Å². The predicted octanol–water partition coefficient (Wildman–Crippen LogP) is 8.63. The fraction of sp³-hybridized carbons (Fsp3) is 0.806. The van der Waals surface area contributed by atoms with E-state index in [0.29, 0.717) is 5.75 Å². The molecule has 0 saturated heterocycles. The van der Waals surface area contributed by atoms with Gasteiger partial charge in [0.05, 0.1) is 32.4 Å².